The molecule has 170 valence electrons. The first-order valence-electron chi connectivity index (χ1n) is 11.4. The minimum atomic E-state index is -0.131. The number of hydrogen-bond acceptors (Lipinski definition) is 7. The first-order chi connectivity index (χ1) is 15.6. The van der Waals surface area contributed by atoms with Gasteiger partial charge in [0.25, 0.3) is 0 Å². The molecule has 3 aliphatic rings. The number of carbonyl (C=O) groups excluding carboxylic acids is 2. The molecule has 5 rings (SSSR count). The predicted molar refractivity (Wildman–Crippen MR) is 117 cm³/mol. The molecule has 0 bridgehead atoms. The number of benzene rings is 1. The van der Waals surface area contributed by atoms with Gasteiger partial charge in [0.05, 0.1) is 31.5 Å². The molecule has 2 aliphatic heterocycles. The van der Waals surface area contributed by atoms with Crippen molar-refractivity contribution in [1.82, 2.24) is 41.4 Å². The molecule has 0 radical (unpaired) electrons. The zero-order valence-electron chi connectivity index (χ0n) is 18.0. The summed E-state index contributed by atoms with van der Waals surface area (Å²) in [6.07, 6.45) is 4.93. The molecular weight excluding hydrogens is 408 g/mol. The zero-order chi connectivity index (χ0) is 21.9. The normalized spacial score (nSPS) is 28.2. The summed E-state index contributed by atoms with van der Waals surface area (Å²) < 4.78 is 1.90. The van der Waals surface area contributed by atoms with E-state index in [4.69, 9.17) is 0 Å². The topological polar surface area (TPSA) is 116 Å². The van der Waals surface area contributed by atoms with Crippen LogP contribution >= 0.6 is 0 Å². The Kier molecular flexibility index (Phi) is 6.15. The standard InChI is InChI=1S/C22H30N8O2/c31-20-13-29(9-8-23-20)14-21(32)24-22-17-10-16(6-7-18(17)25-27-22)19-12-30(28-26-19)11-15-4-2-1-3-5-15/h1-5,12,16-18,22,25,27H,6-11,13-14H2,(H,23,31)(H,24,32). The van der Waals surface area contributed by atoms with Crippen molar-refractivity contribution in [2.75, 3.05) is 26.2 Å². The maximum Gasteiger partial charge on any atom is 0.235 e. The fraction of sp³-hybridized carbons (Fsp3) is 0.545. The van der Waals surface area contributed by atoms with Crippen LogP contribution in [0.1, 0.15) is 36.4 Å². The van der Waals surface area contributed by atoms with Crippen molar-refractivity contribution in [1.29, 1.82) is 0 Å². The number of hydrogen-bond donors (Lipinski definition) is 4. The van der Waals surface area contributed by atoms with Crippen LogP contribution in [0.15, 0.2) is 36.5 Å². The molecule has 1 aliphatic carbocycles. The minimum absolute atomic E-state index is 0.0276. The van der Waals surface area contributed by atoms with Gasteiger partial charge in [-0.1, -0.05) is 35.5 Å². The number of amides is 2. The molecule has 1 aromatic heterocycles. The Hall–Kier alpha value is -2.82. The highest BCUT2D eigenvalue weighted by Crippen LogP contribution is 2.38. The van der Waals surface area contributed by atoms with Gasteiger partial charge in [0.1, 0.15) is 0 Å². The highest BCUT2D eigenvalue weighted by atomic mass is 16.2. The fourth-order valence-corrected chi connectivity index (χ4v) is 5.07. The van der Waals surface area contributed by atoms with Gasteiger partial charge in [-0.3, -0.25) is 19.9 Å². The number of aromatic nitrogens is 3. The number of fused-ring (bicyclic) bond motifs is 1. The number of nitrogens with zero attached hydrogens (tertiary/aromatic N) is 4. The van der Waals surface area contributed by atoms with Gasteiger partial charge in [-0.05, 0) is 24.8 Å². The van der Waals surface area contributed by atoms with Crippen LogP contribution < -0.4 is 21.5 Å². The Bertz CT molecular complexity index is 948. The van der Waals surface area contributed by atoms with Gasteiger partial charge in [-0.25, -0.2) is 10.1 Å². The molecule has 0 spiro atoms. The van der Waals surface area contributed by atoms with E-state index in [9.17, 15) is 9.59 Å². The number of carbonyl (C=O) groups is 2. The Morgan fingerprint density at radius 2 is 2.06 bits per heavy atom. The van der Waals surface area contributed by atoms with E-state index in [-0.39, 0.29) is 37.0 Å². The third-order valence-corrected chi connectivity index (χ3v) is 6.72. The van der Waals surface area contributed by atoms with Crippen molar-refractivity contribution in [2.24, 2.45) is 5.92 Å². The summed E-state index contributed by atoms with van der Waals surface area (Å²) in [5, 5.41) is 14.7. The van der Waals surface area contributed by atoms with Crippen molar-refractivity contribution in [3.05, 3.63) is 47.8 Å². The lowest BCUT2D eigenvalue weighted by Gasteiger charge is -2.32. The second-order valence-corrected chi connectivity index (χ2v) is 9.00. The molecule has 1 saturated carbocycles. The molecule has 2 saturated heterocycles. The zero-order valence-corrected chi connectivity index (χ0v) is 18.0. The fourth-order valence-electron chi connectivity index (χ4n) is 5.07. The van der Waals surface area contributed by atoms with Gasteiger partial charge in [0.2, 0.25) is 11.8 Å². The number of piperazine rings is 1. The number of nitrogens with one attached hydrogen (secondary N) is 4. The largest absolute Gasteiger partial charge is 0.354 e. The first kappa shape index (κ1) is 21.0. The smallest absolute Gasteiger partial charge is 0.235 e. The molecule has 32 heavy (non-hydrogen) atoms. The molecule has 10 nitrogen and oxygen atoms in total. The van der Waals surface area contributed by atoms with Gasteiger partial charge in [0, 0.05) is 37.2 Å². The molecule has 4 unspecified atom stereocenters. The maximum absolute atomic E-state index is 12.6. The van der Waals surface area contributed by atoms with Crippen LogP contribution in [0.25, 0.3) is 0 Å². The van der Waals surface area contributed by atoms with Crippen molar-refractivity contribution < 1.29 is 9.59 Å². The molecule has 2 amide bonds. The van der Waals surface area contributed by atoms with E-state index < -0.39 is 0 Å². The summed E-state index contributed by atoms with van der Waals surface area (Å²) in [5.74, 6) is 0.519. The molecule has 3 fully saturated rings. The van der Waals surface area contributed by atoms with Crippen LogP contribution in [0.5, 0.6) is 0 Å². The number of hydrazine groups is 1. The van der Waals surface area contributed by atoms with Crippen LogP contribution in [-0.2, 0) is 16.1 Å². The van der Waals surface area contributed by atoms with Gasteiger partial charge < -0.3 is 10.6 Å². The second-order valence-electron chi connectivity index (χ2n) is 9.00. The molecule has 3 heterocycles. The van der Waals surface area contributed by atoms with E-state index in [1.807, 2.05) is 27.8 Å². The van der Waals surface area contributed by atoms with Crippen molar-refractivity contribution in [2.45, 2.75) is 43.9 Å². The summed E-state index contributed by atoms with van der Waals surface area (Å²) in [6.45, 7) is 2.51. The highest BCUT2D eigenvalue weighted by molar-refractivity contribution is 5.81. The Morgan fingerprint density at radius 1 is 1.19 bits per heavy atom. The van der Waals surface area contributed by atoms with E-state index in [2.05, 4.69) is 50.1 Å². The maximum atomic E-state index is 12.6. The van der Waals surface area contributed by atoms with Crippen molar-refractivity contribution >= 4 is 11.8 Å². The van der Waals surface area contributed by atoms with E-state index in [1.165, 1.54) is 5.56 Å². The SMILES string of the molecule is O=C1CN(CC(=O)NC2NNC3CCC(c4cn(Cc5ccccc5)nn4)CC32)CCN1. The van der Waals surface area contributed by atoms with Crippen LogP contribution in [0.4, 0.5) is 0 Å². The van der Waals surface area contributed by atoms with Gasteiger partial charge >= 0.3 is 0 Å². The summed E-state index contributed by atoms with van der Waals surface area (Å²) >= 11 is 0. The Balaban J connectivity index is 1.17. The summed E-state index contributed by atoms with van der Waals surface area (Å²) in [5.41, 5.74) is 8.84. The summed E-state index contributed by atoms with van der Waals surface area (Å²) in [4.78, 5) is 26.0. The van der Waals surface area contributed by atoms with E-state index in [1.54, 1.807) is 0 Å². The second kappa shape index (κ2) is 9.35. The third kappa shape index (κ3) is 4.82. The average molecular weight is 439 g/mol. The molecular formula is C22H30N8O2. The lowest BCUT2D eigenvalue weighted by molar-refractivity contribution is -0.127. The van der Waals surface area contributed by atoms with Crippen LogP contribution in [-0.4, -0.2) is 70.1 Å². The number of rotatable bonds is 6. The van der Waals surface area contributed by atoms with Gasteiger partial charge in [-0.2, -0.15) is 0 Å². The molecule has 2 aromatic rings. The minimum Gasteiger partial charge on any atom is -0.354 e. The third-order valence-electron chi connectivity index (χ3n) is 6.72. The van der Waals surface area contributed by atoms with Crippen molar-refractivity contribution in [3.8, 4) is 0 Å². The van der Waals surface area contributed by atoms with E-state index in [0.717, 1.165) is 25.0 Å². The Morgan fingerprint density at radius 3 is 2.91 bits per heavy atom. The predicted octanol–water partition coefficient (Wildman–Crippen LogP) is -0.439. The molecule has 10 heteroatoms. The summed E-state index contributed by atoms with van der Waals surface area (Å²) in [7, 11) is 0. The van der Waals surface area contributed by atoms with Gasteiger partial charge in [-0.15, -0.1) is 5.10 Å². The van der Waals surface area contributed by atoms with Gasteiger partial charge in [0.15, 0.2) is 0 Å². The monoisotopic (exact) mass is 438 g/mol. The lowest BCUT2D eigenvalue weighted by Crippen LogP contribution is -2.54. The Labute approximate surface area is 187 Å². The first-order valence-corrected chi connectivity index (χ1v) is 11.4. The lowest BCUT2D eigenvalue weighted by atomic mass is 9.76. The molecule has 4 atom stereocenters. The van der Waals surface area contributed by atoms with Crippen LogP contribution in [0.2, 0.25) is 0 Å². The quantitative estimate of drug-likeness (QED) is 0.483. The molecule has 4 N–H and O–H groups in total. The summed E-state index contributed by atoms with van der Waals surface area (Å²) in [6, 6.07) is 10.6. The van der Waals surface area contributed by atoms with Crippen LogP contribution in [0.3, 0.4) is 0 Å². The molecule has 1 aromatic carbocycles. The van der Waals surface area contributed by atoms with E-state index >= 15 is 0 Å². The van der Waals surface area contributed by atoms with Crippen molar-refractivity contribution in [3.63, 3.8) is 0 Å². The van der Waals surface area contributed by atoms with Crippen LogP contribution in [0, 0.1) is 5.92 Å². The van der Waals surface area contributed by atoms with E-state index in [0.29, 0.717) is 31.6 Å². The average Bonchev–Trinajstić information content (AvgIpc) is 3.41. The highest BCUT2D eigenvalue weighted by Gasteiger charge is 2.42.